The number of nitrogens with one attached hydrogen (secondary N) is 1. The lowest BCUT2D eigenvalue weighted by Crippen LogP contribution is -2.55. The summed E-state index contributed by atoms with van der Waals surface area (Å²) in [5.41, 5.74) is 6.06. The zero-order chi connectivity index (χ0) is 13.0. The monoisotopic (exact) mass is 241 g/mol. The molecule has 1 rings (SSSR count). The molecule has 17 heavy (non-hydrogen) atoms. The molecule has 3 N–H and O–H groups in total. The third-order valence-electron chi connectivity index (χ3n) is 3.98. The Morgan fingerprint density at radius 3 is 2.71 bits per heavy atom. The van der Waals surface area contributed by atoms with Crippen molar-refractivity contribution in [1.29, 1.82) is 0 Å². The van der Waals surface area contributed by atoms with E-state index in [9.17, 15) is 4.79 Å². The molecule has 100 valence electrons. The van der Waals surface area contributed by atoms with Gasteiger partial charge in [-0.1, -0.05) is 13.8 Å². The van der Waals surface area contributed by atoms with Gasteiger partial charge in [0.25, 0.3) is 0 Å². The van der Waals surface area contributed by atoms with Crippen molar-refractivity contribution in [2.75, 3.05) is 13.1 Å². The molecule has 4 unspecified atom stereocenters. The van der Waals surface area contributed by atoms with Gasteiger partial charge in [0, 0.05) is 18.6 Å². The van der Waals surface area contributed by atoms with Crippen molar-refractivity contribution in [3.05, 3.63) is 0 Å². The summed E-state index contributed by atoms with van der Waals surface area (Å²) in [5, 5.41) is 3.03. The molecule has 4 nitrogen and oxygen atoms in total. The number of nitrogens with zero attached hydrogens (tertiary/aromatic N) is 1. The Labute approximate surface area is 105 Å². The second kappa shape index (κ2) is 6.36. The van der Waals surface area contributed by atoms with Crippen LogP contribution in [0.2, 0.25) is 0 Å². The third kappa shape index (κ3) is 3.96. The fourth-order valence-electron chi connectivity index (χ4n) is 2.11. The van der Waals surface area contributed by atoms with Crippen LogP contribution in [0.1, 0.15) is 40.5 Å². The van der Waals surface area contributed by atoms with Crippen LogP contribution in [0.15, 0.2) is 0 Å². The summed E-state index contributed by atoms with van der Waals surface area (Å²) in [6.07, 6.45) is 2.05. The largest absolute Gasteiger partial charge is 0.352 e. The molecule has 0 saturated carbocycles. The fraction of sp³-hybridized carbons (Fsp3) is 0.923. The van der Waals surface area contributed by atoms with Crippen LogP contribution in [0, 0.1) is 5.92 Å². The lowest BCUT2D eigenvalue weighted by atomic mass is 9.93. The highest BCUT2D eigenvalue weighted by atomic mass is 16.2. The van der Waals surface area contributed by atoms with E-state index < -0.39 is 0 Å². The highest BCUT2D eigenvalue weighted by Gasteiger charge is 2.29. The highest BCUT2D eigenvalue weighted by Crippen LogP contribution is 2.17. The van der Waals surface area contributed by atoms with Crippen LogP contribution in [0.3, 0.4) is 0 Å². The quantitative estimate of drug-likeness (QED) is 0.771. The van der Waals surface area contributed by atoms with Crippen molar-refractivity contribution < 1.29 is 4.79 Å². The third-order valence-corrected chi connectivity index (χ3v) is 3.98. The van der Waals surface area contributed by atoms with Crippen molar-refractivity contribution >= 4 is 5.91 Å². The molecule has 1 aliphatic heterocycles. The van der Waals surface area contributed by atoms with E-state index in [2.05, 4.69) is 24.1 Å². The number of carbonyl (C=O) groups is 1. The number of amides is 1. The van der Waals surface area contributed by atoms with E-state index >= 15 is 0 Å². The van der Waals surface area contributed by atoms with Crippen molar-refractivity contribution in [3.8, 4) is 0 Å². The minimum absolute atomic E-state index is 0.0671. The van der Waals surface area contributed by atoms with Gasteiger partial charge in [0.05, 0.1) is 6.04 Å². The van der Waals surface area contributed by atoms with Gasteiger partial charge in [-0.2, -0.15) is 0 Å². The van der Waals surface area contributed by atoms with Gasteiger partial charge in [-0.05, 0) is 39.2 Å². The van der Waals surface area contributed by atoms with Crippen molar-refractivity contribution in [2.45, 2.75) is 58.7 Å². The second-order valence-electron chi connectivity index (χ2n) is 5.42. The Hall–Kier alpha value is -0.610. The predicted octanol–water partition coefficient (Wildman–Crippen LogP) is 0.959. The van der Waals surface area contributed by atoms with E-state index in [0.29, 0.717) is 5.92 Å². The van der Waals surface area contributed by atoms with Crippen molar-refractivity contribution in [2.24, 2.45) is 11.7 Å². The molecule has 1 saturated heterocycles. The summed E-state index contributed by atoms with van der Waals surface area (Å²) >= 11 is 0. The molecule has 0 bridgehead atoms. The maximum atomic E-state index is 12.0. The molecule has 0 radical (unpaired) electrons. The smallest absolute Gasteiger partial charge is 0.237 e. The maximum Gasteiger partial charge on any atom is 0.237 e. The molecular weight excluding hydrogens is 214 g/mol. The van der Waals surface area contributed by atoms with Crippen LogP contribution < -0.4 is 11.1 Å². The molecule has 1 amide bonds. The van der Waals surface area contributed by atoms with Gasteiger partial charge in [-0.25, -0.2) is 0 Å². The van der Waals surface area contributed by atoms with Gasteiger partial charge in [0.2, 0.25) is 5.91 Å². The van der Waals surface area contributed by atoms with Gasteiger partial charge < -0.3 is 11.1 Å². The molecule has 0 aliphatic carbocycles. The first-order chi connectivity index (χ1) is 7.95. The molecule has 0 spiro atoms. The molecule has 0 aromatic carbocycles. The Bertz CT molecular complexity index is 257. The summed E-state index contributed by atoms with van der Waals surface area (Å²) in [6, 6.07) is 0.382. The summed E-state index contributed by atoms with van der Waals surface area (Å²) in [5.74, 6) is 0.692. The van der Waals surface area contributed by atoms with Gasteiger partial charge >= 0.3 is 0 Å². The molecule has 4 heteroatoms. The highest BCUT2D eigenvalue weighted by molar-refractivity contribution is 5.81. The van der Waals surface area contributed by atoms with E-state index in [-0.39, 0.29) is 24.0 Å². The Morgan fingerprint density at radius 2 is 2.18 bits per heavy atom. The van der Waals surface area contributed by atoms with E-state index in [4.69, 9.17) is 5.73 Å². The van der Waals surface area contributed by atoms with E-state index in [1.54, 1.807) is 0 Å². The first kappa shape index (κ1) is 14.5. The number of hydrogen-bond acceptors (Lipinski definition) is 3. The number of hydrogen-bond donors (Lipinski definition) is 2. The van der Waals surface area contributed by atoms with Crippen LogP contribution in [-0.4, -0.2) is 42.0 Å². The summed E-state index contributed by atoms with van der Waals surface area (Å²) < 4.78 is 0. The number of piperidine rings is 1. The molecule has 0 aromatic heterocycles. The average molecular weight is 241 g/mol. The standard InChI is InChI=1S/C13H27N3O/c1-5-10(3)15-13(17)11(4)16-7-6-9(2)12(14)8-16/h9-12H,5-8,14H2,1-4H3,(H,15,17). The number of likely N-dealkylation sites (tertiary alicyclic amines) is 1. The second-order valence-corrected chi connectivity index (χ2v) is 5.42. The number of carbonyl (C=O) groups excluding carboxylic acids is 1. The lowest BCUT2D eigenvalue weighted by molar-refractivity contribution is -0.127. The maximum absolute atomic E-state index is 12.0. The lowest BCUT2D eigenvalue weighted by Gasteiger charge is -2.38. The van der Waals surface area contributed by atoms with Gasteiger partial charge in [0.15, 0.2) is 0 Å². The minimum atomic E-state index is -0.0671. The first-order valence-electron chi connectivity index (χ1n) is 6.75. The Morgan fingerprint density at radius 1 is 1.53 bits per heavy atom. The first-order valence-corrected chi connectivity index (χ1v) is 6.75. The van der Waals surface area contributed by atoms with Crippen LogP contribution >= 0.6 is 0 Å². The van der Waals surface area contributed by atoms with Crippen molar-refractivity contribution in [3.63, 3.8) is 0 Å². The molecule has 1 fully saturated rings. The Balaban J connectivity index is 2.46. The van der Waals surface area contributed by atoms with Crippen LogP contribution in [-0.2, 0) is 4.79 Å². The van der Waals surface area contributed by atoms with E-state index in [1.807, 2.05) is 13.8 Å². The fourth-order valence-corrected chi connectivity index (χ4v) is 2.11. The zero-order valence-corrected chi connectivity index (χ0v) is 11.6. The van der Waals surface area contributed by atoms with E-state index in [0.717, 1.165) is 25.9 Å². The Kier molecular flexibility index (Phi) is 5.40. The van der Waals surface area contributed by atoms with Gasteiger partial charge in [-0.3, -0.25) is 9.69 Å². The average Bonchev–Trinajstić information content (AvgIpc) is 2.31. The van der Waals surface area contributed by atoms with Crippen LogP contribution in [0.5, 0.6) is 0 Å². The van der Waals surface area contributed by atoms with Gasteiger partial charge in [-0.15, -0.1) is 0 Å². The number of rotatable bonds is 4. The zero-order valence-electron chi connectivity index (χ0n) is 11.6. The molecular formula is C13H27N3O. The summed E-state index contributed by atoms with van der Waals surface area (Å²) in [7, 11) is 0. The molecule has 1 heterocycles. The normalized spacial score (nSPS) is 29.7. The van der Waals surface area contributed by atoms with Gasteiger partial charge in [0.1, 0.15) is 0 Å². The predicted molar refractivity (Wildman–Crippen MR) is 70.7 cm³/mol. The van der Waals surface area contributed by atoms with Crippen LogP contribution in [0.25, 0.3) is 0 Å². The summed E-state index contributed by atoms with van der Waals surface area (Å²) in [6.45, 7) is 10.1. The molecule has 0 aromatic rings. The van der Waals surface area contributed by atoms with E-state index in [1.165, 1.54) is 0 Å². The molecule has 1 aliphatic rings. The number of nitrogens with two attached hydrogens (primary N) is 1. The van der Waals surface area contributed by atoms with Crippen molar-refractivity contribution in [1.82, 2.24) is 10.2 Å². The molecule has 4 atom stereocenters. The summed E-state index contributed by atoms with van der Waals surface area (Å²) in [4.78, 5) is 14.2. The topological polar surface area (TPSA) is 58.4 Å². The minimum Gasteiger partial charge on any atom is -0.352 e. The van der Waals surface area contributed by atoms with Crippen LogP contribution in [0.4, 0.5) is 0 Å². The SMILES string of the molecule is CCC(C)NC(=O)C(C)N1CCC(C)C(N)C1.